The van der Waals surface area contributed by atoms with Gasteiger partial charge in [-0.25, -0.2) is 4.98 Å². The van der Waals surface area contributed by atoms with Crippen molar-refractivity contribution in [3.63, 3.8) is 0 Å². The molecule has 1 N–H and O–H groups in total. The summed E-state index contributed by atoms with van der Waals surface area (Å²) < 4.78 is 5.27. The lowest BCUT2D eigenvalue weighted by molar-refractivity contribution is -0.140. The Morgan fingerprint density at radius 1 is 1.36 bits per heavy atom. The second-order valence-corrected chi connectivity index (χ2v) is 8.80. The van der Waals surface area contributed by atoms with E-state index in [0.717, 1.165) is 47.9 Å². The predicted molar refractivity (Wildman–Crippen MR) is 112 cm³/mol. The highest BCUT2D eigenvalue weighted by Crippen LogP contribution is 2.34. The molecule has 3 aromatic rings. The van der Waals surface area contributed by atoms with Crippen molar-refractivity contribution in [3.8, 4) is 0 Å². The first-order valence-electron chi connectivity index (χ1n) is 9.36. The first kappa shape index (κ1) is 19.1. The van der Waals surface area contributed by atoms with Crippen LogP contribution in [0.5, 0.6) is 0 Å². The van der Waals surface area contributed by atoms with Crippen molar-refractivity contribution in [1.29, 1.82) is 0 Å². The number of hydrogen-bond acceptors (Lipinski definition) is 7. The van der Waals surface area contributed by atoms with E-state index in [0.29, 0.717) is 18.2 Å². The summed E-state index contributed by atoms with van der Waals surface area (Å²) in [7, 11) is 0. The number of aryl methyl sites for hydroxylation is 3. The van der Waals surface area contributed by atoms with Gasteiger partial charge in [0.05, 0.1) is 23.5 Å². The number of H-pyrrole nitrogens is 1. The van der Waals surface area contributed by atoms with Crippen LogP contribution in [0.15, 0.2) is 29.3 Å². The minimum Gasteiger partial charge on any atom is -0.465 e. The zero-order valence-electron chi connectivity index (χ0n) is 15.4. The van der Waals surface area contributed by atoms with E-state index in [2.05, 4.69) is 15.0 Å². The van der Waals surface area contributed by atoms with Crippen LogP contribution >= 0.6 is 23.1 Å². The van der Waals surface area contributed by atoms with Crippen LogP contribution in [0.2, 0.25) is 0 Å². The molecular weight excluding hydrogens is 394 g/mol. The molecule has 0 radical (unpaired) electrons. The molecule has 28 heavy (non-hydrogen) atoms. The number of rotatable bonds is 8. The topological polar surface area (TPSA) is 84.9 Å². The summed E-state index contributed by atoms with van der Waals surface area (Å²) in [6, 6.07) is 3.91. The summed E-state index contributed by atoms with van der Waals surface area (Å²) in [6.45, 7) is 0.399. The summed E-state index contributed by atoms with van der Waals surface area (Å²) >= 11 is 3.03. The average molecular weight is 416 g/mol. The van der Waals surface area contributed by atoms with E-state index in [9.17, 15) is 9.59 Å². The van der Waals surface area contributed by atoms with Gasteiger partial charge in [0.15, 0.2) is 0 Å². The molecule has 0 aromatic carbocycles. The van der Waals surface area contributed by atoms with Gasteiger partial charge in [0.25, 0.3) is 5.56 Å². The number of fused-ring (bicyclic) bond motifs is 3. The minimum absolute atomic E-state index is 0.0574. The number of aromatic amines is 1. The van der Waals surface area contributed by atoms with Crippen molar-refractivity contribution < 1.29 is 9.53 Å². The van der Waals surface area contributed by atoms with Crippen LogP contribution in [0.3, 0.4) is 0 Å². The molecule has 6 nitrogen and oxygen atoms in total. The molecule has 0 atom stereocenters. The fourth-order valence-corrected chi connectivity index (χ4v) is 5.36. The normalized spacial score (nSPS) is 13.0. The number of carbonyl (C=O) groups is 1. The van der Waals surface area contributed by atoms with Gasteiger partial charge in [-0.2, -0.15) is 0 Å². The van der Waals surface area contributed by atoms with Gasteiger partial charge in [0.2, 0.25) is 0 Å². The molecule has 0 unspecified atom stereocenters. The number of carbonyl (C=O) groups excluding carboxylic acids is 1. The SMILES string of the molecule is O=C(CSCc1nc2sc3c(c2c(=O)[nH]1)CCC3)OCCCc1cccnc1. The fourth-order valence-electron chi connectivity index (χ4n) is 3.40. The average Bonchev–Trinajstić information content (AvgIpc) is 3.27. The van der Waals surface area contributed by atoms with E-state index in [1.807, 2.05) is 18.3 Å². The van der Waals surface area contributed by atoms with E-state index in [1.54, 1.807) is 17.5 Å². The van der Waals surface area contributed by atoms with E-state index in [4.69, 9.17) is 4.74 Å². The molecule has 0 fully saturated rings. The van der Waals surface area contributed by atoms with Crippen molar-refractivity contribution in [2.24, 2.45) is 0 Å². The van der Waals surface area contributed by atoms with Crippen molar-refractivity contribution in [1.82, 2.24) is 15.0 Å². The number of thioether (sulfide) groups is 1. The van der Waals surface area contributed by atoms with Crippen LogP contribution < -0.4 is 5.56 Å². The predicted octanol–water partition coefficient (Wildman–Crippen LogP) is 3.28. The molecule has 3 heterocycles. The number of pyridine rings is 1. The fraction of sp³-hybridized carbons (Fsp3) is 0.400. The number of nitrogens with zero attached hydrogens (tertiary/aromatic N) is 2. The largest absolute Gasteiger partial charge is 0.465 e. The number of aromatic nitrogens is 3. The quantitative estimate of drug-likeness (QED) is 0.449. The standard InChI is InChI=1S/C20H21N3O3S2/c24-17(26-9-3-5-13-4-2-8-21-10-13)12-27-11-16-22-19(25)18-14-6-1-7-15(14)28-20(18)23-16/h2,4,8,10H,1,3,5-7,9,11-12H2,(H,22,23,25). The Labute approximate surface area is 170 Å². The van der Waals surface area contributed by atoms with E-state index in [1.165, 1.54) is 22.2 Å². The molecule has 8 heteroatoms. The van der Waals surface area contributed by atoms with Gasteiger partial charge in [-0.15, -0.1) is 23.1 Å². The number of hydrogen-bond donors (Lipinski definition) is 1. The molecule has 146 valence electrons. The first-order valence-corrected chi connectivity index (χ1v) is 11.3. The Kier molecular flexibility index (Phi) is 6.07. The molecule has 0 saturated carbocycles. The Morgan fingerprint density at radius 2 is 2.29 bits per heavy atom. The maximum atomic E-state index is 12.4. The van der Waals surface area contributed by atoms with Gasteiger partial charge < -0.3 is 9.72 Å². The van der Waals surface area contributed by atoms with Crippen LogP contribution in [0.4, 0.5) is 0 Å². The van der Waals surface area contributed by atoms with Crippen LogP contribution in [-0.2, 0) is 34.5 Å². The number of ether oxygens (including phenoxy) is 1. The summed E-state index contributed by atoms with van der Waals surface area (Å²) in [5, 5.41) is 0.763. The van der Waals surface area contributed by atoms with Gasteiger partial charge in [0, 0.05) is 17.3 Å². The second kappa shape index (κ2) is 8.87. The molecule has 0 bridgehead atoms. The van der Waals surface area contributed by atoms with Crippen molar-refractivity contribution >= 4 is 39.3 Å². The van der Waals surface area contributed by atoms with Crippen molar-refractivity contribution in [2.45, 2.75) is 37.9 Å². The number of esters is 1. The van der Waals surface area contributed by atoms with Crippen LogP contribution in [0, 0.1) is 0 Å². The minimum atomic E-state index is -0.241. The summed E-state index contributed by atoms with van der Waals surface area (Å²) in [5.41, 5.74) is 2.26. The third kappa shape index (κ3) is 4.44. The van der Waals surface area contributed by atoms with Gasteiger partial charge in [-0.05, 0) is 49.3 Å². The lowest BCUT2D eigenvalue weighted by Gasteiger charge is -2.05. The Balaban J connectivity index is 1.22. The summed E-state index contributed by atoms with van der Waals surface area (Å²) in [4.78, 5) is 37.9. The van der Waals surface area contributed by atoms with E-state index < -0.39 is 0 Å². The summed E-state index contributed by atoms with van der Waals surface area (Å²) in [5.74, 6) is 1.11. The van der Waals surface area contributed by atoms with Gasteiger partial charge in [-0.1, -0.05) is 6.07 Å². The smallest absolute Gasteiger partial charge is 0.315 e. The van der Waals surface area contributed by atoms with Gasteiger partial charge >= 0.3 is 5.97 Å². The summed E-state index contributed by atoms with van der Waals surface area (Å²) in [6.07, 6.45) is 8.32. The van der Waals surface area contributed by atoms with Crippen LogP contribution in [-0.4, -0.2) is 33.3 Å². The molecule has 0 aliphatic heterocycles. The zero-order chi connectivity index (χ0) is 19.3. The molecule has 4 rings (SSSR count). The van der Waals surface area contributed by atoms with Crippen molar-refractivity contribution in [2.75, 3.05) is 12.4 Å². The first-order chi connectivity index (χ1) is 13.7. The van der Waals surface area contributed by atoms with Gasteiger partial charge in [-0.3, -0.25) is 14.6 Å². The number of thiophene rings is 1. The van der Waals surface area contributed by atoms with Crippen LogP contribution in [0.25, 0.3) is 10.2 Å². The van der Waals surface area contributed by atoms with Crippen molar-refractivity contribution in [3.05, 3.63) is 56.7 Å². The lowest BCUT2D eigenvalue weighted by Crippen LogP contribution is -2.12. The molecule has 0 amide bonds. The maximum absolute atomic E-state index is 12.4. The molecular formula is C20H21N3O3S2. The molecule has 1 aliphatic rings. The lowest BCUT2D eigenvalue weighted by atomic mass is 10.2. The molecule has 1 aliphatic carbocycles. The Bertz CT molecular complexity index is 1030. The third-order valence-electron chi connectivity index (χ3n) is 4.68. The molecule has 3 aromatic heterocycles. The van der Waals surface area contributed by atoms with Gasteiger partial charge in [0.1, 0.15) is 10.7 Å². The number of nitrogens with one attached hydrogen (secondary N) is 1. The monoisotopic (exact) mass is 415 g/mol. The maximum Gasteiger partial charge on any atom is 0.315 e. The van der Waals surface area contributed by atoms with Crippen LogP contribution in [0.1, 0.15) is 34.7 Å². The van der Waals surface area contributed by atoms with E-state index >= 15 is 0 Å². The highest BCUT2D eigenvalue weighted by Gasteiger charge is 2.21. The molecule has 0 saturated heterocycles. The highest BCUT2D eigenvalue weighted by atomic mass is 32.2. The second-order valence-electron chi connectivity index (χ2n) is 6.73. The van der Waals surface area contributed by atoms with E-state index in [-0.39, 0.29) is 17.3 Å². The Hall–Kier alpha value is -2.19. The molecule has 0 spiro atoms. The third-order valence-corrected chi connectivity index (χ3v) is 6.78. The Morgan fingerprint density at radius 3 is 3.14 bits per heavy atom. The zero-order valence-corrected chi connectivity index (χ0v) is 17.0. The highest BCUT2D eigenvalue weighted by molar-refractivity contribution is 7.99.